The number of carbonyl (C=O) groups excluding carboxylic acids is 1. The molecule has 0 spiro atoms. The topological polar surface area (TPSA) is 23.6 Å². The summed E-state index contributed by atoms with van der Waals surface area (Å²) in [5.74, 6) is 0. The minimum Gasteiger partial charge on any atom is -0.368 e. The van der Waals surface area contributed by atoms with Crippen molar-refractivity contribution >= 4 is 12.0 Å². The molecule has 1 aromatic carbocycles. The monoisotopic (exact) mass is 246 g/mol. The third-order valence-corrected chi connectivity index (χ3v) is 4.01. The lowest BCUT2D eigenvalue weighted by atomic mass is 10.0. The van der Waals surface area contributed by atoms with Gasteiger partial charge in [-0.2, -0.15) is 0 Å². The maximum atomic E-state index is 11.2. The first-order chi connectivity index (χ1) is 8.52. The van der Waals surface area contributed by atoms with E-state index in [9.17, 15) is 4.79 Å². The van der Waals surface area contributed by atoms with Crippen molar-refractivity contribution in [3.05, 3.63) is 29.3 Å². The zero-order chi connectivity index (χ0) is 13.3. The van der Waals surface area contributed by atoms with Crippen molar-refractivity contribution in [1.29, 1.82) is 0 Å². The van der Waals surface area contributed by atoms with Crippen molar-refractivity contribution in [2.24, 2.45) is 0 Å². The molecule has 1 fully saturated rings. The van der Waals surface area contributed by atoms with E-state index in [1.807, 2.05) is 13.0 Å². The molecule has 0 N–H and O–H groups in total. The van der Waals surface area contributed by atoms with Crippen LogP contribution in [-0.2, 0) is 0 Å². The van der Waals surface area contributed by atoms with E-state index < -0.39 is 0 Å². The Morgan fingerprint density at radius 1 is 1.22 bits per heavy atom. The molecule has 2 rings (SSSR count). The number of benzene rings is 1. The number of aryl methyl sites for hydroxylation is 1. The predicted octanol–water partition coefficient (Wildman–Crippen LogP) is 2.34. The molecule has 0 radical (unpaired) electrons. The molecular weight excluding hydrogens is 224 g/mol. The minimum atomic E-state index is 0.509. The molecule has 2 atom stereocenters. The van der Waals surface area contributed by atoms with Gasteiger partial charge in [-0.05, 0) is 40.0 Å². The summed E-state index contributed by atoms with van der Waals surface area (Å²) in [6.45, 7) is 8.44. The largest absolute Gasteiger partial charge is 0.368 e. The highest BCUT2D eigenvalue weighted by atomic mass is 16.1. The third kappa shape index (κ3) is 2.41. The molecule has 3 nitrogen and oxygen atoms in total. The standard InChI is InChI=1S/C15H22N2O/c1-11-5-6-15(14(7-11)10-18)17-8-12(2)16(4)13(3)9-17/h5-7,10,12-13H,8-9H2,1-4H3. The van der Waals surface area contributed by atoms with Crippen molar-refractivity contribution in [3.63, 3.8) is 0 Å². The fourth-order valence-corrected chi connectivity index (χ4v) is 2.66. The Morgan fingerprint density at radius 2 is 1.83 bits per heavy atom. The Hall–Kier alpha value is -1.35. The van der Waals surface area contributed by atoms with Crippen LogP contribution < -0.4 is 4.90 Å². The molecule has 0 amide bonds. The number of hydrogen-bond acceptors (Lipinski definition) is 3. The van der Waals surface area contributed by atoms with Gasteiger partial charge in [0.25, 0.3) is 0 Å². The predicted molar refractivity (Wildman–Crippen MR) is 75.5 cm³/mol. The van der Waals surface area contributed by atoms with E-state index in [4.69, 9.17) is 0 Å². The van der Waals surface area contributed by atoms with Gasteiger partial charge in [-0.1, -0.05) is 11.6 Å². The van der Waals surface area contributed by atoms with Gasteiger partial charge in [0.2, 0.25) is 0 Å². The van der Waals surface area contributed by atoms with Crippen LogP contribution in [0.25, 0.3) is 0 Å². The van der Waals surface area contributed by atoms with Crippen LogP contribution in [0, 0.1) is 6.92 Å². The van der Waals surface area contributed by atoms with Gasteiger partial charge in [0, 0.05) is 36.4 Å². The molecule has 0 aromatic heterocycles. The van der Waals surface area contributed by atoms with Crippen molar-refractivity contribution in [1.82, 2.24) is 4.90 Å². The Bertz CT molecular complexity index is 432. The van der Waals surface area contributed by atoms with Gasteiger partial charge in [0.05, 0.1) is 0 Å². The van der Waals surface area contributed by atoms with Gasteiger partial charge >= 0.3 is 0 Å². The smallest absolute Gasteiger partial charge is 0.152 e. The lowest BCUT2D eigenvalue weighted by molar-refractivity contribution is 0.112. The number of carbonyl (C=O) groups is 1. The second kappa shape index (κ2) is 5.11. The van der Waals surface area contributed by atoms with Crippen molar-refractivity contribution < 1.29 is 4.79 Å². The molecule has 18 heavy (non-hydrogen) atoms. The van der Waals surface area contributed by atoms with Crippen molar-refractivity contribution in [3.8, 4) is 0 Å². The molecule has 1 saturated heterocycles. The van der Waals surface area contributed by atoms with Crippen molar-refractivity contribution in [2.45, 2.75) is 32.9 Å². The molecule has 0 saturated carbocycles. The van der Waals surface area contributed by atoms with Crippen LogP contribution in [0.1, 0.15) is 29.8 Å². The molecule has 2 unspecified atom stereocenters. The fraction of sp³-hybridized carbons (Fsp3) is 0.533. The Kier molecular flexibility index (Phi) is 3.71. The van der Waals surface area contributed by atoms with E-state index in [1.165, 1.54) is 0 Å². The lowest BCUT2D eigenvalue weighted by Crippen LogP contribution is -2.55. The van der Waals surface area contributed by atoms with Crippen LogP contribution in [0.5, 0.6) is 0 Å². The van der Waals surface area contributed by atoms with E-state index in [0.717, 1.165) is 36.2 Å². The molecule has 1 aliphatic rings. The highest BCUT2D eigenvalue weighted by molar-refractivity contribution is 5.85. The summed E-state index contributed by atoms with van der Waals surface area (Å²) >= 11 is 0. The first kappa shape index (κ1) is 13.1. The molecule has 1 heterocycles. The molecule has 0 aliphatic carbocycles. The summed E-state index contributed by atoms with van der Waals surface area (Å²) in [5, 5.41) is 0. The summed E-state index contributed by atoms with van der Waals surface area (Å²) in [5.41, 5.74) is 3.01. The second-order valence-corrected chi connectivity index (χ2v) is 5.45. The number of piperazine rings is 1. The van der Waals surface area contributed by atoms with Crippen LogP contribution in [0.3, 0.4) is 0 Å². The summed E-state index contributed by atoms with van der Waals surface area (Å²) < 4.78 is 0. The zero-order valence-electron chi connectivity index (χ0n) is 11.7. The Morgan fingerprint density at radius 3 is 2.39 bits per heavy atom. The average Bonchev–Trinajstić information content (AvgIpc) is 2.35. The highest BCUT2D eigenvalue weighted by Gasteiger charge is 2.27. The molecule has 3 heteroatoms. The lowest BCUT2D eigenvalue weighted by Gasteiger charge is -2.43. The number of nitrogens with zero attached hydrogens (tertiary/aromatic N) is 2. The summed E-state index contributed by atoms with van der Waals surface area (Å²) in [7, 11) is 2.17. The maximum Gasteiger partial charge on any atom is 0.152 e. The van der Waals surface area contributed by atoms with Crippen LogP contribution in [0.15, 0.2) is 18.2 Å². The van der Waals surface area contributed by atoms with E-state index in [2.05, 4.69) is 42.8 Å². The van der Waals surface area contributed by atoms with E-state index in [-0.39, 0.29) is 0 Å². The van der Waals surface area contributed by atoms with E-state index >= 15 is 0 Å². The van der Waals surface area contributed by atoms with E-state index in [1.54, 1.807) is 0 Å². The Labute approximate surface area is 109 Å². The zero-order valence-corrected chi connectivity index (χ0v) is 11.7. The normalized spacial score (nSPS) is 25.2. The first-order valence-electron chi connectivity index (χ1n) is 6.55. The number of aldehydes is 1. The minimum absolute atomic E-state index is 0.509. The highest BCUT2D eigenvalue weighted by Crippen LogP contribution is 2.25. The number of likely N-dealkylation sites (N-methyl/N-ethyl adjacent to an activating group) is 1. The Balaban J connectivity index is 2.29. The van der Waals surface area contributed by atoms with E-state index in [0.29, 0.717) is 12.1 Å². The van der Waals surface area contributed by atoms with Crippen LogP contribution in [-0.4, -0.2) is 43.4 Å². The van der Waals surface area contributed by atoms with Gasteiger partial charge in [-0.25, -0.2) is 0 Å². The van der Waals surface area contributed by atoms with Crippen LogP contribution >= 0.6 is 0 Å². The van der Waals surface area contributed by atoms with Gasteiger partial charge in [0.1, 0.15) is 0 Å². The quantitative estimate of drug-likeness (QED) is 0.748. The van der Waals surface area contributed by atoms with Crippen molar-refractivity contribution in [2.75, 3.05) is 25.0 Å². The van der Waals surface area contributed by atoms with Gasteiger partial charge in [-0.3, -0.25) is 9.69 Å². The summed E-state index contributed by atoms with van der Waals surface area (Å²) in [6, 6.07) is 7.14. The summed E-state index contributed by atoms with van der Waals surface area (Å²) in [4.78, 5) is 15.9. The SMILES string of the molecule is Cc1ccc(N2CC(C)N(C)C(C)C2)c(C=O)c1. The molecule has 98 valence electrons. The van der Waals surface area contributed by atoms with Gasteiger partial charge < -0.3 is 4.90 Å². The number of rotatable bonds is 2. The van der Waals surface area contributed by atoms with Gasteiger partial charge in [0.15, 0.2) is 6.29 Å². The van der Waals surface area contributed by atoms with Crippen LogP contribution in [0.4, 0.5) is 5.69 Å². The van der Waals surface area contributed by atoms with Gasteiger partial charge in [-0.15, -0.1) is 0 Å². The molecule has 0 bridgehead atoms. The summed E-state index contributed by atoms with van der Waals surface area (Å²) in [6.07, 6.45) is 0.968. The maximum absolute atomic E-state index is 11.2. The number of hydrogen-bond donors (Lipinski definition) is 0. The third-order valence-electron chi connectivity index (χ3n) is 4.01. The fourth-order valence-electron chi connectivity index (χ4n) is 2.66. The molecule has 1 aromatic rings. The molecular formula is C15H22N2O. The van der Waals surface area contributed by atoms with Crippen LogP contribution in [0.2, 0.25) is 0 Å². The number of anilines is 1. The average molecular weight is 246 g/mol. The molecule has 1 aliphatic heterocycles. The first-order valence-corrected chi connectivity index (χ1v) is 6.55. The second-order valence-electron chi connectivity index (χ2n) is 5.45.